The van der Waals surface area contributed by atoms with Crippen LogP contribution in [-0.4, -0.2) is 13.0 Å². The predicted molar refractivity (Wildman–Crippen MR) is 39.3 cm³/mol. The van der Waals surface area contributed by atoms with Crippen molar-refractivity contribution in [1.29, 1.82) is 0 Å². The zero-order valence-electron chi connectivity index (χ0n) is 3.74. The van der Waals surface area contributed by atoms with E-state index in [4.69, 9.17) is 0 Å². The first-order valence-corrected chi connectivity index (χ1v) is 3.01. The first-order valence-electron chi connectivity index (χ1n) is 1.93. The molecule has 0 aromatic heterocycles. The van der Waals surface area contributed by atoms with Crippen molar-refractivity contribution in [2.45, 2.75) is 13.3 Å². The molecule has 0 saturated heterocycles. The van der Waals surface area contributed by atoms with Crippen LogP contribution in [0.2, 0.25) is 0 Å². The molecule has 0 fully saturated rings. The number of hydrogen-bond acceptors (Lipinski definition) is 1. The first kappa shape index (κ1) is 6.46. The molecule has 1 N–H and O–H groups in total. The Morgan fingerprint density at radius 1 is 2.00 bits per heavy atom. The predicted octanol–water partition coefficient (Wildman–Crippen LogP) is 0.757. The minimum atomic E-state index is 1.11. The van der Waals surface area contributed by atoms with Gasteiger partial charge in [0.05, 0.1) is 0 Å². The van der Waals surface area contributed by atoms with E-state index in [0.29, 0.717) is 0 Å². The van der Waals surface area contributed by atoms with Crippen molar-refractivity contribution < 1.29 is 0 Å². The standard InChI is InChI=1S/C3H7BIN/c1-2-3-4-6-5/h3,6H,2H2,1H3. The zero-order chi connectivity index (χ0) is 4.83. The van der Waals surface area contributed by atoms with Crippen molar-refractivity contribution in [3.63, 3.8) is 0 Å². The van der Waals surface area contributed by atoms with Gasteiger partial charge >= 0.3 is 52.7 Å². The van der Waals surface area contributed by atoms with Crippen molar-refractivity contribution in [1.82, 2.24) is 3.44 Å². The van der Waals surface area contributed by atoms with E-state index in [2.05, 4.69) is 39.2 Å². The van der Waals surface area contributed by atoms with Gasteiger partial charge in [-0.25, -0.2) is 0 Å². The van der Waals surface area contributed by atoms with E-state index in [1.807, 2.05) is 7.06 Å². The summed E-state index contributed by atoms with van der Waals surface area (Å²) in [5, 5.41) is 0. The van der Waals surface area contributed by atoms with Crippen LogP contribution < -0.4 is 3.44 Å². The van der Waals surface area contributed by atoms with Crippen molar-refractivity contribution in [3.05, 3.63) is 0 Å². The summed E-state index contributed by atoms with van der Waals surface area (Å²) in [6, 6.07) is 0. The van der Waals surface area contributed by atoms with Crippen LogP contribution in [0.15, 0.2) is 0 Å². The molecule has 0 rings (SSSR count). The molecule has 0 aliphatic rings. The van der Waals surface area contributed by atoms with Crippen LogP contribution in [0.25, 0.3) is 0 Å². The summed E-state index contributed by atoms with van der Waals surface area (Å²) in [6.45, 7) is 2.10. The number of hydrogen-bond donors (Lipinski definition) is 1. The Balaban J connectivity index is 2.73. The zero-order valence-corrected chi connectivity index (χ0v) is 5.90. The van der Waals surface area contributed by atoms with Gasteiger partial charge in [-0.3, -0.25) is 0 Å². The van der Waals surface area contributed by atoms with E-state index in [9.17, 15) is 0 Å². The molecule has 3 heteroatoms. The van der Waals surface area contributed by atoms with Gasteiger partial charge in [0.25, 0.3) is 0 Å². The fourth-order valence-electron chi connectivity index (χ4n) is 0.162. The van der Waals surface area contributed by atoms with Gasteiger partial charge in [-0.05, 0) is 0 Å². The summed E-state index contributed by atoms with van der Waals surface area (Å²) in [4.78, 5) is 0. The molecule has 0 radical (unpaired) electrons. The fraction of sp³-hybridized carbons (Fsp3) is 0.667. The van der Waals surface area contributed by atoms with Gasteiger partial charge in [0.15, 0.2) is 0 Å². The molecule has 0 aliphatic heterocycles. The Morgan fingerprint density at radius 2 is 2.67 bits per heavy atom. The third-order valence-corrected chi connectivity index (χ3v) is 0.776. The molecule has 0 aromatic rings. The molecule has 0 heterocycles. The molecule has 0 saturated carbocycles. The summed E-state index contributed by atoms with van der Waals surface area (Å²) in [5.74, 6) is 2.06. The third-order valence-electron chi connectivity index (χ3n) is 0.417. The summed E-state index contributed by atoms with van der Waals surface area (Å²) < 4.78 is 2.86. The summed E-state index contributed by atoms with van der Waals surface area (Å²) in [6.07, 6.45) is 1.11. The van der Waals surface area contributed by atoms with E-state index in [1.54, 1.807) is 0 Å². The molecule has 6 heavy (non-hydrogen) atoms. The van der Waals surface area contributed by atoms with Crippen molar-refractivity contribution in [3.8, 4) is 0 Å². The Hall–Kier alpha value is 0.465. The maximum atomic E-state index is 2.86. The molecular formula is C3H7BIN. The molecule has 0 aliphatic carbocycles. The average molecular weight is 195 g/mol. The van der Waals surface area contributed by atoms with Crippen LogP contribution in [-0.2, 0) is 0 Å². The van der Waals surface area contributed by atoms with E-state index < -0.39 is 0 Å². The summed E-state index contributed by atoms with van der Waals surface area (Å²) in [5.41, 5.74) is 0. The SMILES string of the molecule is CCC=BNI. The van der Waals surface area contributed by atoms with Crippen molar-refractivity contribution >= 4 is 35.9 Å². The van der Waals surface area contributed by atoms with Crippen LogP contribution in [0, 0.1) is 0 Å². The van der Waals surface area contributed by atoms with E-state index in [-0.39, 0.29) is 0 Å². The normalized spacial score (nSPS) is 8.33. The number of nitrogens with one attached hydrogen (secondary N) is 1. The molecule has 0 atom stereocenters. The quantitative estimate of drug-likeness (QED) is 0.389. The Morgan fingerprint density at radius 3 is 2.83 bits per heavy atom. The van der Waals surface area contributed by atoms with Gasteiger partial charge in [-0.15, -0.1) is 0 Å². The Labute approximate surface area is 52.9 Å². The van der Waals surface area contributed by atoms with E-state index >= 15 is 0 Å². The third kappa shape index (κ3) is 4.46. The molecule has 0 aromatic carbocycles. The van der Waals surface area contributed by atoms with Gasteiger partial charge in [-0.2, -0.15) is 0 Å². The fourth-order valence-corrected chi connectivity index (χ4v) is 0.417. The van der Waals surface area contributed by atoms with Crippen LogP contribution in [0.4, 0.5) is 0 Å². The van der Waals surface area contributed by atoms with Gasteiger partial charge in [0, 0.05) is 0 Å². The summed E-state index contributed by atoms with van der Waals surface area (Å²) in [7, 11) is 1.92. The van der Waals surface area contributed by atoms with Crippen LogP contribution in [0.1, 0.15) is 13.3 Å². The van der Waals surface area contributed by atoms with Crippen LogP contribution in [0.5, 0.6) is 0 Å². The second-order valence-electron chi connectivity index (χ2n) is 0.920. The topological polar surface area (TPSA) is 12.0 Å². The monoisotopic (exact) mass is 195 g/mol. The van der Waals surface area contributed by atoms with Crippen molar-refractivity contribution in [2.75, 3.05) is 0 Å². The van der Waals surface area contributed by atoms with Gasteiger partial charge < -0.3 is 0 Å². The van der Waals surface area contributed by atoms with Crippen LogP contribution in [0.3, 0.4) is 0 Å². The molecule has 0 amide bonds. The second-order valence-corrected chi connectivity index (χ2v) is 1.54. The molecule has 0 spiro atoms. The van der Waals surface area contributed by atoms with E-state index in [0.717, 1.165) is 6.42 Å². The van der Waals surface area contributed by atoms with Gasteiger partial charge in [0.2, 0.25) is 0 Å². The van der Waals surface area contributed by atoms with E-state index in [1.165, 1.54) is 0 Å². The molecule has 0 bridgehead atoms. The summed E-state index contributed by atoms with van der Waals surface area (Å²) >= 11 is 2.07. The molecule has 1 nitrogen and oxygen atoms in total. The van der Waals surface area contributed by atoms with Gasteiger partial charge in [0.1, 0.15) is 0 Å². The van der Waals surface area contributed by atoms with Gasteiger partial charge in [-0.1, -0.05) is 0 Å². The van der Waals surface area contributed by atoms with Crippen LogP contribution >= 0.6 is 22.9 Å². The molecular weight excluding hydrogens is 188 g/mol. The number of halogens is 1. The average Bonchev–Trinajstić information content (AvgIpc) is 1.61. The Kier molecular flexibility index (Phi) is 5.89. The first-order chi connectivity index (χ1) is 2.91. The number of rotatable bonds is 2. The second kappa shape index (κ2) is 5.46. The molecule has 34 valence electrons. The molecule has 0 unspecified atom stereocenters. The van der Waals surface area contributed by atoms with Crippen molar-refractivity contribution in [2.24, 2.45) is 0 Å². The Bertz CT molecular complexity index is 40.1. The minimum absolute atomic E-state index is 1.11. The maximum absolute atomic E-state index is 2.86.